The smallest absolute Gasteiger partial charge is 0.133 e. The number of halogens is 1. The summed E-state index contributed by atoms with van der Waals surface area (Å²) >= 11 is 0. The molecule has 3 heteroatoms. The Morgan fingerprint density at radius 3 is 2.62 bits per heavy atom. The van der Waals surface area contributed by atoms with Crippen LogP contribution in [-0.4, -0.2) is 12.9 Å². The van der Waals surface area contributed by atoms with E-state index in [1.807, 2.05) is 6.92 Å². The molecule has 0 spiro atoms. The first-order chi connectivity index (χ1) is 7.58. The molecule has 88 valence electrons. The summed E-state index contributed by atoms with van der Waals surface area (Å²) in [7, 11) is 1.50. The molecule has 0 saturated carbocycles. The Morgan fingerprint density at radius 1 is 1.50 bits per heavy atom. The summed E-state index contributed by atoms with van der Waals surface area (Å²) in [6.07, 6.45) is 1.20. The molecular formula is C13H17FO2. The highest BCUT2D eigenvalue weighted by atomic mass is 19.1. The van der Waals surface area contributed by atoms with Gasteiger partial charge in [-0.3, -0.25) is 4.79 Å². The predicted octanol–water partition coefficient (Wildman–Crippen LogP) is 2.99. The van der Waals surface area contributed by atoms with Crippen LogP contribution in [0.4, 0.5) is 4.39 Å². The van der Waals surface area contributed by atoms with E-state index in [1.165, 1.54) is 13.2 Å². The summed E-state index contributed by atoms with van der Waals surface area (Å²) in [5.74, 6) is 0.205. The molecule has 0 fully saturated rings. The van der Waals surface area contributed by atoms with Crippen LogP contribution in [0.2, 0.25) is 0 Å². The molecule has 0 aromatic heterocycles. The number of hydrogen-bond donors (Lipinski definition) is 0. The average molecular weight is 224 g/mol. The first-order valence-electron chi connectivity index (χ1n) is 5.41. The summed E-state index contributed by atoms with van der Waals surface area (Å²) in [5.41, 5.74) is 0.572. The lowest BCUT2D eigenvalue weighted by atomic mass is 9.93. The highest BCUT2D eigenvalue weighted by molar-refractivity contribution is 5.78. The highest BCUT2D eigenvalue weighted by Gasteiger charge is 2.15. The lowest BCUT2D eigenvalue weighted by Crippen LogP contribution is -2.13. The van der Waals surface area contributed by atoms with Crippen molar-refractivity contribution < 1.29 is 13.9 Å². The fourth-order valence-electron chi connectivity index (χ4n) is 1.66. The molecule has 0 bridgehead atoms. The molecule has 1 rings (SSSR count). The third-order valence-electron chi connectivity index (χ3n) is 2.79. The van der Waals surface area contributed by atoms with Crippen molar-refractivity contribution in [2.24, 2.45) is 5.92 Å². The number of methoxy groups -OCH3 is 1. The van der Waals surface area contributed by atoms with Gasteiger partial charge in [-0.25, -0.2) is 4.39 Å². The molecule has 0 aliphatic rings. The van der Waals surface area contributed by atoms with Crippen LogP contribution in [0, 0.1) is 11.7 Å². The Morgan fingerprint density at radius 2 is 2.19 bits per heavy atom. The molecule has 16 heavy (non-hydrogen) atoms. The SMILES string of the molecule is CCC(Cc1ccc(OC)cc1F)C(C)=O. The number of ether oxygens (including phenoxy) is 1. The van der Waals surface area contributed by atoms with Crippen molar-refractivity contribution >= 4 is 5.78 Å². The molecule has 1 atom stereocenters. The number of Topliss-reactive ketones (excluding diaryl/α,β-unsaturated/α-hetero) is 1. The Bertz CT molecular complexity index is 374. The van der Waals surface area contributed by atoms with Gasteiger partial charge in [0.15, 0.2) is 0 Å². The van der Waals surface area contributed by atoms with Gasteiger partial charge in [-0.15, -0.1) is 0 Å². The summed E-state index contributed by atoms with van der Waals surface area (Å²) in [6, 6.07) is 4.74. The van der Waals surface area contributed by atoms with E-state index >= 15 is 0 Å². The third kappa shape index (κ3) is 3.05. The molecule has 0 radical (unpaired) electrons. The minimum atomic E-state index is -0.306. The van der Waals surface area contributed by atoms with Gasteiger partial charge in [0.2, 0.25) is 0 Å². The van der Waals surface area contributed by atoms with Gasteiger partial charge in [0, 0.05) is 12.0 Å². The fraction of sp³-hybridized carbons (Fsp3) is 0.462. The molecule has 0 amide bonds. The van der Waals surface area contributed by atoms with Gasteiger partial charge in [0.25, 0.3) is 0 Å². The standard InChI is InChI=1S/C13H17FO2/c1-4-10(9(2)15)7-11-5-6-12(16-3)8-13(11)14/h5-6,8,10H,4,7H2,1-3H3. The Labute approximate surface area is 95.4 Å². The number of rotatable bonds is 5. The van der Waals surface area contributed by atoms with Crippen molar-refractivity contribution in [2.45, 2.75) is 26.7 Å². The third-order valence-corrected chi connectivity index (χ3v) is 2.79. The Kier molecular flexibility index (Phi) is 4.47. The van der Waals surface area contributed by atoms with Crippen molar-refractivity contribution in [2.75, 3.05) is 7.11 Å². The zero-order chi connectivity index (χ0) is 12.1. The topological polar surface area (TPSA) is 26.3 Å². The zero-order valence-corrected chi connectivity index (χ0v) is 9.92. The maximum Gasteiger partial charge on any atom is 0.133 e. The quantitative estimate of drug-likeness (QED) is 0.768. The second-order valence-corrected chi connectivity index (χ2v) is 3.88. The van der Waals surface area contributed by atoms with E-state index in [1.54, 1.807) is 19.1 Å². The summed E-state index contributed by atoms with van der Waals surface area (Å²) in [5, 5.41) is 0. The van der Waals surface area contributed by atoms with Crippen molar-refractivity contribution in [1.82, 2.24) is 0 Å². The van der Waals surface area contributed by atoms with E-state index < -0.39 is 0 Å². The average Bonchev–Trinajstić information content (AvgIpc) is 2.26. The van der Waals surface area contributed by atoms with Gasteiger partial charge in [0.1, 0.15) is 17.3 Å². The molecule has 0 N–H and O–H groups in total. The minimum Gasteiger partial charge on any atom is -0.497 e. The van der Waals surface area contributed by atoms with Crippen LogP contribution in [-0.2, 0) is 11.2 Å². The van der Waals surface area contributed by atoms with Crippen LogP contribution < -0.4 is 4.74 Å². The maximum absolute atomic E-state index is 13.6. The van der Waals surface area contributed by atoms with Crippen molar-refractivity contribution in [3.8, 4) is 5.75 Å². The van der Waals surface area contributed by atoms with E-state index in [0.29, 0.717) is 17.7 Å². The van der Waals surface area contributed by atoms with Gasteiger partial charge in [-0.1, -0.05) is 13.0 Å². The molecule has 2 nitrogen and oxygen atoms in total. The molecule has 0 aliphatic heterocycles. The van der Waals surface area contributed by atoms with E-state index in [9.17, 15) is 9.18 Å². The fourth-order valence-corrected chi connectivity index (χ4v) is 1.66. The van der Waals surface area contributed by atoms with Crippen LogP contribution in [0.1, 0.15) is 25.8 Å². The van der Waals surface area contributed by atoms with Crippen molar-refractivity contribution in [1.29, 1.82) is 0 Å². The first kappa shape index (κ1) is 12.7. The largest absolute Gasteiger partial charge is 0.497 e. The van der Waals surface area contributed by atoms with E-state index in [4.69, 9.17) is 4.74 Å². The molecule has 1 aromatic carbocycles. The van der Waals surface area contributed by atoms with Crippen LogP contribution in [0.25, 0.3) is 0 Å². The monoisotopic (exact) mass is 224 g/mol. The van der Waals surface area contributed by atoms with Gasteiger partial charge in [-0.2, -0.15) is 0 Å². The lowest BCUT2D eigenvalue weighted by molar-refractivity contribution is -0.120. The van der Waals surface area contributed by atoms with Gasteiger partial charge < -0.3 is 4.74 Å². The second-order valence-electron chi connectivity index (χ2n) is 3.88. The summed E-state index contributed by atoms with van der Waals surface area (Å²) in [4.78, 5) is 11.3. The number of ketones is 1. The lowest BCUT2D eigenvalue weighted by Gasteiger charge is -2.12. The van der Waals surface area contributed by atoms with E-state index in [0.717, 1.165) is 6.42 Å². The second kappa shape index (κ2) is 5.64. The van der Waals surface area contributed by atoms with Crippen molar-refractivity contribution in [3.63, 3.8) is 0 Å². The number of carbonyl (C=O) groups is 1. The molecule has 0 aliphatic carbocycles. The van der Waals surface area contributed by atoms with Crippen LogP contribution >= 0.6 is 0 Å². The summed E-state index contributed by atoms with van der Waals surface area (Å²) in [6.45, 7) is 3.49. The predicted molar refractivity (Wildman–Crippen MR) is 61.1 cm³/mol. The summed E-state index contributed by atoms with van der Waals surface area (Å²) < 4.78 is 18.5. The van der Waals surface area contributed by atoms with Gasteiger partial charge in [-0.05, 0) is 31.4 Å². The number of benzene rings is 1. The van der Waals surface area contributed by atoms with E-state index in [-0.39, 0.29) is 17.5 Å². The molecule has 0 saturated heterocycles. The Balaban J connectivity index is 2.84. The van der Waals surface area contributed by atoms with Crippen LogP contribution in [0.5, 0.6) is 5.75 Å². The molecular weight excluding hydrogens is 207 g/mol. The highest BCUT2D eigenvalue weighted by Crippen LogP contribution is 2.20. The Hall–Kier alpha value is -1.38. The number of carbonyl (C=O) groups excluding carboxylic acids is 1. The number of hydrogen-bond acceptors (Lipinski definition) is 2. The van der Waals surface area contributed by atoms with Crippen LogP contribution in [0.15, 0.2) is 18.2 Å². The molecule has 1 aromatic rings. The normalized spacial score (nSPS) is 12.2. The minimum absolute atomic E-state index is 0.0945. The van der Waals surface area contributed by atoms with E-state index in [2.05, 4.69) is 0 Å². The van der Waals surface area contributed by atoms with Gasteiger partial charge >= 0.3 is 0 Å². The molecule has 1 unspecified atom stereocenters. The van der Waals surface area contributed by atoms with Crippen molar-refractivity contribution in [3.05, 3.63) is 29.6 Å². The van der Waals surface area contributed by atoms with Crippen LogP contribution in [0.3, 0.4) is 0 Å². The molecule has 0 heterocycles. The first-order valence-corrected chi connectivity index (χ1v) is 5.41. The maximum atomic E-state index is 13.6. The zero-order valence-electron chi connectivity index (χ0n) is 9.92. The van der Waals surface area contributed by atoms with Gasteiger partial charge in [0.05, 0.1) is 7.11 Å².